The molecule has 1 N–H and O–H groups in total. The zero-order chi connectivity index (χ0) is 19.8. The van der Waals surface area contributed by atoms with Crippen molar-refractivity contribution in [1.82, 2.24) is 9.62 Å². The zero-order valence-corrected chi connectivity index (χ0v) is 16.8. The van der Waals surface area contributed by atoms with E-state index in [2.05, 4.69) is 4.72 Å². The summed E-state index contributed by atoms with van der Waals surface area (Å²) >= 11 is 0. The fourth-order valence-corrected chi connectivity index (χ4v) is 4.42. The molecule has 27 heavy (non-hydrogen) atoms. The molecule has 7 heteroatoms. The second-order valence-electron chi connectivity index (χ2n) is 6.74. The van der Waals surface area contributed by atoms with Gasteiger partial charge in [-0.05, 0) is 73.8 Å². The number of carbonyl (C=O) groups is 1. The SMILES string of the molecule is CNS(=O)(=O)c1cc(C(=O)N2CCc3ccc(OC)cc3C2)cc(C)c1C. The van der Waals surface area contributed by atoms with E-state index in [0.717, 1.165) is 23.3 Å². The number of ether oxygens (including phenoxy) is 1. The van der Waals surface area contributed by atoms with Crippen molar-refractivity contribution in [3.63, 3.8) is 0 Å². The molecule has 0 unspecified atom stereocenters. The molecule has 0 aromatic heterocycles. The average Bonchev–Trinajstić information content (AvgIpc) is 2.68. The van der Waals surface area contributed by atoms with Crippen molar-refractivity contribution in [3.8, 4) is 5.75 Å². The van der Waals surface area contributed by atoms with Crippen LogP contribution >= 0.6 is 0 Å². The first kappa shape index (κ1) is 19.4. The van der Waals surface area contributed by atoms with Crippen LogP contribution in [0.15, 0.2) is 35.2 Å². The molecule has 144 valence electrons. The molecule has 0 fully saturated rings. The maximum absolute atomic E-state index is 13.1. The van der Waals surface area contributed by atoms with Crippen LogP contribution in [0.3, 0.4) is 0 Å². The van der Waals surface area contributed by atoms with Gasteiger partial charge < -0.3 is 9.64 Å². The number of benzene rings is 2. The molecule has 1 heterocycles. The fraction of sp³-hybridized carbons (Fsp3) is 0.350. The van der Waals surface area contributed by atoms with Crippen LogP contribution in [0.4, 0.5) is 0 Å². The van der Waals surface area contributed by atoms with Crippen molar-refractivity contribution in [2.75, 3.05) is 20.7 Å². The van der Waals surface area contributed by atoms with E-state index in [1.165, 1.54) is 18.7 Å². The van der Waals surface area contributed by atoms with Crippen molar-refractivity contribution >= 4 is 15.9 Å². The lowest BCUT2D eigenvalue weighted by atomic mass is 9.98. The molecule has 0 atom stereocenters. The molecule has 3 rings (SSSR count). The molecular weight excluding hydrogens is 364 g/mol. The van der Waals surface area contributed by atoms with Gasteiger partial charge in [-0.15, -0.1) is 0 Å². The number of fused-ring (bicyclic) bond motifs is 1. The van der Waals surface area contributed by atoms with Gasteiger partial charge in [-0.1, -0.05) is 6.07 Å². The highest BCUT2D eigenvalue weighted by Gasteiger charge is 2.25. The number of amides is 1. The smallest absolute Gasteiger partial charge is 0.254 e. The molecule has 0 aliphatic carbocycles. The minimum atomic E-state index is -3.63. The third kappa shape index (κ3) is 3.70. The predicted molar refractivity (Wildman–Crippen MR) is 104 cm³/mol. The number of aryl methyl sites for hydroxylation is 1. The normalized spacial score (nSPS) is 14.0. The van der Waals surface area contributed by atoms with Gasteiger partial charge in [0.15, 0.2) is 0 Å². The number of nitrogens with zero attached hydrogens (tertiary/aromatic N) is 1. The first-order chi connectivity index (χ1) is 12.8. The maximum Gasteiger partial charge on any atom is 0.254 e. The maximum atomic E-state index is 13.1. The van der Waals surface area contributed by atoms with Crippen LogP contribution in [0.2, 0.25) is 0 Å². The summed E-state index contributed by atoms with van der Waals surface area (Å²) < 4.78 is 32.2. The fourth-order valence-electron chi connectivity index (χ4n) is 3.36. The van der Waals surface area contributed by atoms with E-state index in [4.69, 9.17) is 4.74 Å². The monoisotopic (exact) mass is 388 g/mol. The Bertz CT molecular complexity index is 999. The number of nitrogens with one attached hydrogen (secondary N) is 1. The number of hydrogen-bond acceptors (Lipinski definition) is 4. The van der Waals surface area contributed by atoms with Crippen molar-refractivity contribution in [1.29, 1.82) is 0 Å². The summed E-state index contributed by atoms with van der Waals surface area (Å²) in [5.41, 5.74) is 4.07. The Hall–Kier alpha value is -2.38. The summed E-state index contributed by atoms with van der Waals surface area (Å²) in [5.74, 6) is 0.593. The first-order valence-electron chi connectivity index (χ1n) is 8.76. The number of sulfonamides is 1. The van der Waals surface area contributed by atoms with Crippen LogP contribution in [0, 0.1) is 13.8 Å². The molecule has 0 spiro atoms. The van der Waals surface area contributed by atoms with E-state index in [-0.39, 0.29) is 10.8 Å². The van der Waals surface area contributed by atoms with Crippen LogP contribution in [0.1, 0.15) is 32.6 Å². The minimum absolute atomic E-state index is 0.146. The molecule has 0 bridgehead atoms. The number of rotatable bonds is 4. The molecule has 2 aromatic rings. The average molecular weight is 388 g/mol. The van der Waals surface area contributed by atoms with Gasteiger partial charge in [0.2, 0.25) is 10.0 Å². The molecule has 1 amide bonds. The van der Waals surface area contributed by atoms with E-state index in [0.29, 0.717) is 24.2 Å². The van der Waals surface area contributed by atoms with Crippen LogP contribution in [-0.2, 0) is 23.0 Å². The lowest BCUT2D eigenvalue weighted by molar-refractivity contribution is 0.0734. The number of hydrogen-bond donors (Lipinski definition) is 1. The quantitative estimate of drug-likeness (QED) is 0.873. The number of carbonyl (C=O) groups excluding carboxylic acids is 1. The Labute approximate surface area is 160 Å². The molecule has 0 saturated heterocycles. The topological polar surface area (TPSA) is 75.7 Å². The lowest BCUT2D eigenvalue weighted by Gasteiger charge is -2.29. The molecule has 0 saturated carbocycles. The highest BCUT2D eigenvalue weighted by atomic mass is 32.2. The van der Waals surface area contributed by atoms with Gasteiger partial charge in [0.05, 0.1) is 12.0 Å². The third-order valence-corrected chi connectivity index (χ3v) is 6.68. The summed E-state index contributed by atoms with van der Waals surface area (Å²) in [7, 11) is -0.647. The molecule has 1 aliphatic rings. The van der Waals surface area contributed by atoms with Gasteiger partial charge in [0.1, 0.15) is 5.75 Å². The van der Waals surface area contributed by atoms with Crippen molar-refractivity contribution < 1.29 is 17.9 Å². The molecule has 2 aromatic carbocycles. The van der Waals surface area contributed by atoms with E-state index in [1.54, 1.807) is 25.0 Å². The van der Waals surface area contributed by atoms with Crippen molar-refractivity contribution in [3.05, 3.63) is 58.1 Å². The summed E-state index contributed by atoms with van der Waals surface area (Å²) in [6.07, 6.45) is 0.761. The van der Waals surface area contributed by atoms with Crippen molar-refractivity contribution in [2.24, 2.45) is 0 Å². The summed E-state index contributed by atoms with van der Waals surface area (Å²) in [5, 5.41) is 0. The van der Waals surface area contributed by atoms with Crippen LogP contribution in [0.25, 0.3) is 0 Å². The Morgan fingerprint density at radius 2 is 1.89 bits per heavy atom. The zero-order valence-electron chi connectivity index (χ0n) is 16.0. The molecular formula is C20H24N2O4S. The Kier molecular flexibility index (Phi) is 5.26. The largest absolute Gasteiger partial charge is 0.497 e. The predicted octanol–water partition coefficient (Wildman–Crippen LogP) is 2.42. The minimum Gasteiger partial charge on any atom is -0.497 e. The number of methoxy groups -OCH3 is 1. The van der Waals surface area contributed by atoms with Gasteiger partial charge >= 0.3 is 0 Å². The second kappa shape index (κ2) is 7.32. The van der Waals surface area contributed by atoms with Crippen LogP contribution in [0.5, 0.6) is 5.75 Å². The van der Waals surface area contributed by atoms with Gasteiger partial charge in [-0.3, -0.25) is 4.79 Å². The van der Waals surface area contributed by atoms with Gasteiger partial charge in [-0.2, -0.15) is 0 Å². The van der Waals surface area contributed by atoms with Gasteiger partial charge in [-0.25, -0.2) is 13.1 Å². The Morgan fingerprint density at radius 1 is 1.15 bits per heavy atom. The summed E-state index contributed by atoms with van der Waals surface area (Å²) in [4.78, 5) is 15.0. The molecule has 1 aliphatic heterocycles. The van der Waals surface area contributed by atoms with Crippen molar-refractivity contribution in [2.45, 2.75) is 31.7 Å². The Morgan fingerprint density at radius 3 is 2.56 bits per heavy atom. The summed E-state index contributed by atoms with van der Waals surface area (Å²) in [6, 6.07) is 9.13. The van der Waals surface area contributed by atoms with Crippen LogP contribution < -0.4 is 9.46 Å². The van der Waals surface area contributed by atoms with Gasteiger partial charge in [0.25, 0.3) is 5.91 Å². The third-order valence-electron chi connectivity index (χ3n) is 5.14. The standard InChI is InChI=1S/C20H24N2O4S/c1-13-9-16(11-19(14(13)2)27(24,25)21-3)20(23)22-8-7-15-5-6-18(26-4)10-17(15)12-22/h5-6,9-11,21H,7-8,12H2,1-4H3. The van der Waals surface area contributed by atoms with Gasteiger partial charge in [0, 0.05) is 18.7 Å². The molecule has 0 radical (unpaired) electrons. The first-order valence-corrected chi connectivity index (χ1v) is 10.2. The highest BCUT2D eigenvalue weighted by Crippen LogP contribution is 2.26. The van der Waals surface area contributed by atoms with E-state index in [1.807, 2.05) is 25.1 Å². The lowest BCUT2D eigenvalue weighted by Crippen LogP contribution is -2.36. The highest BCUT2D eigenvalue weighted by molar-refractivity contribution is 7.89. The van der Waals surface area contributed by atoms with E-state index < -0.39 is 10.0 Å². The van der Waals surface area contributed by atoms with E-state index >= 15 is 0 Å². The van der Waals surface area contributed by atoms with Crippen LogP contribution in [-0.4, -0.2) is 39.9 Å². The Balaban J connectivity index is 1.95. The summed E-state index contributed by atoms with van der Waals surface area (Å²) in [6.45, 7) is 4.64. The second-order valence-corrected chi connectivity index (χ2v) is 8.59. The van der Waals surface area contributed by atoms with E-state index in [9.17, 15) is 13.2 Å². The molecule has 6 nitrogen and oxygen atoms in total.